The minimum atomic E-state index is -4.76. The van der Waals surface area contributed by atoms with Crippen LogP contribution in [-0.4, -0.2) is 49.4 Å². The second-order valence-electron chi connectivity index (χ2n) is 3.76. The van der Waals surface area contributed by atoms with Gasteiger partial charge in [-0.1, -0.05) is 0 Å². The molecule has 1 aliphatic rings. The molecule has 1 aliphatic heterocycles. The number of rotatable bonds is 3. The molecule has 1 aromatic rings. The molecular formula is C11H16AsNO7. The van der Waals surface area contributed by atoms with E-state index in [1.54, 1.807) is 0 Å². The Bertz CT molecular complexity index is 465. The van der Waals surface area contributed by atoms with E-state index in [1.165, 1.54) is 31.2 Å². The van der Waals surface area contributed by atoms with Gasteiger partial charge in [-0.25, -0.2) is 0 Å². The van der Waals surface area contributed by atoms with E-state index in [0.717, 1.165) is 13.2 Å². The van der Waals surface area contributed by atoms with Gasteiger partial charge in [0.15, 0.2) is 0 Å². The Labute approximate surface area is 118 Å². The van der Waals surface area contributed by atoms with Crippen LogP contribution in [0.1, 0.15) is 6.92 Å². The molecule has 0 spiro atoms. The number of benzene rings is 1. The standard InChI is InChI=1S/C8H10AsNO5.C3H6O2/c1-6(11)10-8-4-2-7(3-5-8)9(12,13)15-14;1-2-5-3-4-1/h2-5,14H,1H3,(H,10,11)(H,12,13);1-3H2. The predicted octanol–water partition coefficient (Wildman–Crippen LogP) is -0.306. The van der Waals surface area contributed by atoms with Gasteiger partial charge < -0.3 is 9.47 Å². The number of amides is 1. The summed E-state index contributed by atoms with van der Waals surface area (Å²) in [5, 5.41) is 10.7. The van der Waals surface area contributed by atoms with Crippen LogP contribution in [-0.2, 0) is 21.9 Å². The van der Waals surface area contributed by atoms with Crippen LogP contribution in [0.15, 0.2) is 24.3 Å². The molecule has 0 bridgehead atoms. The number of anilines is 1. The molecule has 20 heavy (non-hydrogen) atoms. The molecule has 1 atom stereocenters. The second-order valence-corrected chi connectivity index (χ2v) is 7.37. The predicted molar refractivity (Wildman–Crippen MR) is 69.5 cm³/mol. The fourth-order valence-electron chi connectivity index (χ4n) is 1.28. The average Bonchev–Trinajstić information content (AvgIpc) is 2.98. The van der Waals surface area contributed by atoms with Crippen molar-refractivity contribution in [2.75, 3.05) is 25.3 Å². The molecule has 0 aliphatic carbocycles. The first-order valence-electron chi connectivity index (χ1n) is 5.65. The summed E-state index contributed by atoms with van der Waals surface area (Å²) in [5.74, 6) is -0.237. The third-order valence-corrected chi connectivity index (χ3v) is 4.62. The molecule has 1 fully saturated rings. The molecule has 1 aromatic carbocycles. The van der Waals surface area contributed by atoms with Crippen molar-refractivity contribution in [3.05, 3.63) is 24.3 Å². The zero-order chi connectivity index (χ0) is 15.0. The van der Waals surface area contributed by atoms with Crippen molar-refractivity contribution in [3.63, 3.8) is 0 Å². The van der Waals surface area contributed by atoms with Gasteiger partial charge in [-0.05, 0) is 0 Å². The van der Waals surface area contributed by atoms with E-state index in [2.05, 4.69) is 9.19 Å². The van der Waals surface area contributed by atoms with E-state index in [1.807, 2.05) is 0 Å². The maximum atomic E-state index is 11.2. The van der Waals surface area contributed by atoms with E-state index in [-0.39, 0.29) is 10.3 Å². The van der Waals surface area contributed by atoms with Crippen LogP contribution in [0.25, 0.3) is 0 Å². The maximum absolute atomic E-state index is 11.2. The molecular weight excluding hydrogens is 333 g/mol. The molecule has 112 valence electrons. The van der Waals surface area contributed by atoms with Crippen LogP contribution in [0, 0.1) is 0 Å². The number of ether oxygens (including phenoxy) is 2. The van der Waals surface area contributed by atoms with Crippen molar-refractivity contribution in [1.82, 2.24) is 0 Å². The van der Waals surface area contributed by atoms with E-state index in [0.29, 0.717) is 12.5 Å². The van der Waals surface area contributed by atoms with E-state index in [9.17, 15) is 8.53 Å². The summed E-state index contributed by atoms with van der Waals surface area (Å²) in [6.07, 6.45) is 0. The molecule has 8 nitrogen and oxygen atoms in total. The number of hydrogen-bond acceptors (Lipinski definition) is 6. The Morgan fingerprint density at radius 3 is 2.20 bits per heavy atom. The summed E-state index contributed by atoms with van der Waals surface area (Å²) in [5.41, 5.74) is 0.500. The van der Waals surface area contributed by atoms with Crippen LogP contribution in [0.4, 0.5) is 5.69 Å². The first kappa shape index (κ1) is 16.9. The SMILES string of the molecule is C1COCO1.CC(=O)Nc1ccc([As](=O)(O)OO)cc1. The molecule has 0 aromatic heterocycles. The van der Waals surface area contributed by atoms with Crippen LogP contribution in [0.2, 0.25) is 0 Å². The van der Waals surface area contributed by atoms with Gasteiger partial charge in [0.25, 0.3) is 0 Å². The zero-order valence-electron chi connectivity index (χ0n) is 10.8. The third kappa shape index (κ3) is 5.87. The molecule has 1 unspecified atom stereocenters. The summed E-state index contributed by atoms with van der Waals surface area (Å²) < 4.78 is 33.3. The Balaban J connectivity index is 0.000000333. The second kappa shape index (κ2) is 8.21. The van der Waals surface area contributed by atoms with Crippen molar-refractivity contribution >= 4 is 30.1 Å². The Morgan fingerprint density at radius 1 is 1.30 bits per heavy atom. The third-order valence-electron chi connectivity index (χ3n) is 2.16. The van der Waals surface area contributed by atoms with Crippen molar-refractivity contribution in [2.45, 2.75) is 6.92 Å². The van der Waals surface area contributed by atoms with E-state index < -0.39 is 14.2 Å². The molecule has 0 radical (unpaired) electrons. The van der Waals surface area contributed by atoms with E-state index >= 15 is 0 Å². The quantitative estimate of drug-likeness (QED) is 0.390. The Morgan fingerprint density at radius 2 is 1.85 bits per heavy atom. The van der Waals surface area contributed by atoms with Crippen LogP contribution >= 0.6 is 0 Å². The van der Waals surface area contributed by atoms with Gasteiger partial charge in [0, 0.05) is 0 Å². The van der Waals surface area contributed by atoms with Crippen LogP contribution in [0.3, 0.4) is 0 Å². The van der Waals surface area contributed by atoms with Crippen molar-refractivity contribution in [2.24, 2.45) is 0 Å². The summed E-state index contributed by atoms with van der Waals surface area (Å²) >= 11 is -4.76. The van der Waals surface area contributed by atoms with Gasteiger partial charge in [0.2, 0.25) is 0 Å². The summed E-state index contributed by atoms with van der Waals surface area (Å²) in [6.45, 7) is 3.41. The van der Waals surface area contributed by atoms with Crippen LogP contribution in [0.5, 0.6) is 0 Å². The number of hydrogen-bond donors (Lipinski definition) is 3. The average molecular weight is 349 g/mol. The number of carbonyl (C=O) groups is 1. The van der Waals surface area contributed by atoms with E-state index in [4.69, 9.17) is 18.8 Å². The topological polar surface area (TPSA) is 114 Å². The van der Waals surface area contributed by atoms with Gasteiger partial charge >= 0.3 is 88.4 Å². The molecule has 1 amide bonds. The molecule has 0 saturated carbocycles. The summed E-state index contributed by atoms with van der Waals surface area (Å²) in [6, 6.07) is 5.50. The first-order valence-corrected chi connectivity index (χ1v) is 8.96. The fraction of sp³-hybridized carbons (Fsp3) is 0.364. The van der Waals surface area contributed by atoms with Gasteiger partial charge in [-0.2, -0.15) is 0 Å². The van der Waals surface area contributed by atoms with Gasteiger partial charge in [0.05, 0.1) is 13.2 Å². The molecule has 1 saturated heterocycles. The van der Waals surface area contributed by atoms with Gasteiger partial charge in [0.1, 0.15) is 6.79 Å². The van der Waals surface area contributed by atoms with Crippen molar-refractivity contribution in [3.8, 4) is 0 Å². The summed E-state index contributed by atoms with van der Waals surface area (Å²) in [7, 11) is 0. The number of carbonyl (C=O) groups excluding carboxylic acids is 1. The van der Waals surface area contributed by atoms with Crippen molar-refractivity contribution in [1.29, 1.82) is 0 Å². The monoisotopic (exact) mass is 349 g/mol. The Hall–Kier alpha value is -1.15. The zero-order valence-corrected chi connectivity index (χ0v) is 12.7. The first-order chi connectivity index (χ1) is 9.45. The fourth-order valence-corrected chi connectivity index (χ4v) is 2.58. The minimum absolute atomic E-state index is 0.00438. The Kier molecular flexibility index (Phi) is 6.93. The molecule has 2 rings (SSSR count). The molecule has 3 N–H and O–H groups in total. The molecule has 1 heterocycles. The van der Waals surface area contributed by atoms with Gasteiger partial charge in [-0.15, -0.1) is 0 Å². The van der Waals surface area contributed by atoms with Crippen LogP contribution < -0.4 is 9.67 Å². The van der Waals surface area contributed by atoms with Gasteiger partial charge in [-0.3, -0.25) is 0 Å². The normalized spacial score (nSPS) is 16.8. The number of nitrogens with one attached hydrogen (secondary N) is 1. The summed E-state index contributed by atoms with van der Waals surface area (Å²) in [4.78, 5) is 10.7. The molecule has 9 heteroatoms. The van der Waals surface area contributed by atoms with Crippen molar-refractivity contribution < 1.29 is 31.2 Å².